The molecule has 84 heavy (non-hydrogen) atoms. The van der Waals surface area contributed by atoms with Crippen LogP contribution in [0.1, 0.15) is 11.1 Å². The van der Waals surface area contributed by atoms with Gasteiger partial charge in [-0.15, -0.1) is 0 Å². The van der Waals surface area contributed by atoms with E-state index in [0.29, 0.717) is 46.1 Å². The smallest absolute Gasteiger partial charge is 0.164 e. The number of para-hydroxylation sites is 2. The zero-order valence-corrected chi connectivity index (χ0v) is 44.9. The lowest BCUT2D eigenvalue weighted by atomic mass is 9.95. The van der Waals surface area contributed by atoms with Gasteiger partial charge >= 0.3 is 0 Å². The van der Waals surface area contributed by atoms with Gasteiger partial charge in [-0.1, -0.05) is 200 Å². The van der Waals surface area contributed by atoms with Crippen LogP contribution in [0.2, 0.25) is 0 Å². The number of nitrogens with zero attached hydrogens (tertiary/aromatic N) is 10. The van der Waals surface area contributed by atoms with Crippen LogP contribution in [0, 0.1) is 22.7 Å². The van der Waals surface area contributed by atoms with E-state index in [-0.39, 0.29) is 0 Å². The first-order valence-corrected chi connectivity index (χ1v) is 27.5. The third-order valence-corrected chi connectivity index (χ3v) is 15.5. The molecule has 0 radical (unpaired) electrons. The van der Waals surface area contributed by atoms with Crippen molar-refractivity contribution in [1.29, 1.82) is 10.5 Å². The fourth-order valence-electron chi connectivity index (χ4n) is 11.5. The molecule has 0 saturated heterocycles. The molecule has 4 aromatic heterocycles. The standard InChI is InChI=1S/C74H44N10/c75-45-47-32-38-65-61(40-47)59-28-13-15-30-63(59)83(65)67-43-55(73-79-69(49-18-5-1-6-19-49)77-70(80-73)50-20-7-2-8-21-50)34-36-57(67)53-26-17-27-54(42-53)58-37-35-56(44-68(58)84-64-31-16-14-29-60(64)62-41-48(46-76)33-39-66(62)84)74-81-71(51-22-9-3-10-23-51)78-72(82-74)52-24-11-4-12-25-52/h1-44H. The third-order valence-electron chi connectivity index (χ3n) is 15.5. The van der Waals surface area contributed by atoms with Gasteiger partial charge in [0.15, 0.2) is 34.9 Å². The van der Waals surface area contributed by atoms with Crippen molar-refractivity contribution in [3.05, 3.63) is 278 Å². The van der Waals surface area contributed by atoms with Crippen LogP contribution in [0.25, 0.3) is 146 Å². The van der Waals surface area contributed by atoms with Gasteiger partial charge in [0.2, 0.25) is 0 Å². The molecule has 0 N–H and O–H groups in total. The number of hydrogen-bond donors (Lipinski definition) is 0. The Morgan fingerprint density at radius 3 is 0.905 bits per heavy atom. The van der Waals surface area contributed by atoms with Gasteiger partial charge < -0.3 is 9.13 Å². The molecule has 0 aliphatic rings. The van der Waals surface area contributed by atoms with Gasteiger partial charge in [0.05, 0.1) is 56.7 Å². The molecule has 10 heteroatoms. The average molecular weight is 1070 g/mol. The second-order valence-corrected chi connectivity index (χ2v) is 20.5. The largest absolute Gasteiger partial charge is 0.309 e. The molecular formula is C74H44N10. The normalized spacial score (nSPS) is 11.3. The van der Waals surface area contributed by atoms with Crippen LogP contribution < -0.4 is 0 Å². The minimum absolute atomic E-state index is 0.527. The van der Waals surface area contributed by atoms with Gasteiger partial charge in [-0.2, -0.15) is 10.5 Å². The van der Waals surface area contributed by atoms with Crippen LogP contribution in [0.15, 0.2) is 267 Å². The summed E-state index contributed by atoms with van der Waals surface area (Å²) < 4.78 is 4.59. The highest BCUT2D eigenvalue weighted by Crippen LogP contribution is 2.43. The maximum atomic E-state index is 10.2. The van der Waals surface area contributed by atoms with E-state index in [1.807, 2.05) is 170 Å². The maximum Gasteiger partial charge on any atom is 0.164 e. The summed E-state index contributed by atoms with van der Waals surface area (Å²) in [6.45, 7) is 0. The zero-order valence-electron chi connectivity index (χ0n) is 44.9. The van der Waals surface area contributed by atoms with Crippen molar-refractivity contribution >= 4 is 43.6 Å². The van der Waals surface area contributed by atoms with Crippen LogP contribution in [-0.2, 0) is 0 Å². The van der Waals surface area contributed by atoms with Gasteiger partial charge in [-0.3, -0.25) is 0 Å². The van der Waals surface area contributed by atoms with E-state index < -0.39 is 0 Å². The van der Waals surface area contributed by atoms with Gasteiger partial charge in [0, 0.05) is 66.1 Å². The minimum Gasteiger partial charge on any atom is -0.309 e. The molecular weight excluding hydrogens is 1030 g/mol. The second kappa shape index (κ2) is 20.6. The highest BCUT2D eigenvalue weighted by Gasteiger charge is 2.23. The summed E-state index contributed by atoms with van der Waals surface area (Å²) in [4.78, 5) is 30.8. The van der Waals surface area contributed by atoms with Crippen molar-refractivity contribution in [2.24, 2.45) is 0 Å². The third kappa shape index (κ3) is 8.68. The van der Waals surface area contributed by atoms with E-state index in [2.05, 4.69) is 118 Å². The highest BCUT2D eigenvalue weighted by atomic mass is 15.1. The SMILES string of the molecule is N#Cc1ccc2c(c1)c1ccccc1n2-c1cc(-c2nc(-c3ccccc3)nc(-c3ccccc3)n2)ccc1-c1cccc(-c2ccc(-c3nc(-c4ccccc4)nc(-c4ccccc4)n3)cc2-n2c3ccccc3c3cc(C#N)ccc32)c1. The van der Waals surface area contributed by atoms with Gasteiger partial charge in [0.25, 0.3) is 0 Å². The first kappa shape index (κ1) is 49.1. The number of aromatic nitrogens is 8. The first-order valence-electron chi connectivity index (χ1n) is 27.5. The predicted molar refractivity (Wildman–Crippen MR) is 335 cm³/mol. The Kier molecular flexibility index (Phi) is 12.0. The van der Waals surface area contributed by atoms with Crippen molar-refractivity contribution in [3.8, 4) is 114 Å². The molecule has 0 amide bonds. The molecule has 15 rings (SSSR count). The van der Waals surface area contributed by atoms with E-state index in [1.54, 1.807) is 0 Å². The number of hydrogen-bond acceptors (Lipinski definition) is 8. The Balaban J connectivity index is 0.966. The highest BCUT2D eigenvalue weighted by molar-refractivity contribution is 6.11. The van der Waals surface area contributed by atoms with Gasteiger partial charge in [-0.05, 0) is 77.9 Å². The molecule has 0 aliphatic heterocycles. The Bertz CT molecular complexity index is 4720. The molecule has 0 bridgehead atoms. The summed E-state index contributed by atoms with van der Waals surface area (Å²) >= 11 is 0. The predicted octanol–water partition coefficient (Wildman–Crippen LogP) is 17.3. The molecule has 10 nitrogen and oxygen atoms in total. The molecule has 0 aliphatic carbocycles. The van der Waals surface area contributed by atoms with Crippen LogP contribution >= 0.6 is 0 Å². The quantitative estimate of drug-likeness (QED) is 0.132. The van der Waals surface area contributed by atoms with Crippen LogP contribution in [0.4, 0.5) is 0 Å². The fraction of sp³-hybridized carbons (Fsp3) is 0. The molecule has 11 aromatic carbocycles. The Labute approximate surface area is 482 Å². The van der Waals surface area contributed by atoms with Crippen LogP contribution in [-0.4, -0.2) is 39.0 Å². The molecule has 0 spiro atoms. The average Bonchev–Trinajstić information content (AvgIpc) is 2.71. The zero-order chi connectivity index (χ0) is 56.1. The van der Waals surface area contributed by atoms with E-state index in [9.17, 15) is 10.5 Å². The summed E-state index contributed by atoms with van der Waals surface area (Å²) in [5.41, 5.74) is 15.8. The van der Waals surface area contributed by atoms with E-state index in [0.717, 1.165) is 111 Å². The number of nitriles is 2. The van der Waals surface area contributed by atoms with Crippen molar-refractivity contribution in [2.45, 2.75) is 0 Å². The molecule has 390 valence electrons. The Morgan fingerprint density at radius 2 is 0.548 bits per heavy atom. The van der Waals surface area contributed by atoms with E-state index >= 15 is 0 Å². The maximum absolute atomic E-state index is 10.2. The summed E-state index contributed by atoms with van der Waals surface area (Å²) in [5, 5.41) is 24.3. The van der Waals surface area contributed by atoms with Gasteiger partial charge in [0.1, 0.15) is 0 Å². The summed E-state index contributed by atoms with van der Waals surface area (Å²) in [6.07, 6.45) is 0. The Hall–Kier alpha value is -12.0. The van der Waals surface area contributed by atoms with Crippen molar-refractivity contribution < 1.29 is 0 Å². The molecule has 0 saturated carbocycles. The lowest BCUT2D eigenvalue weighted by Gasteiger charge is -2.19. The monoisotopic (exact) mass is 1070 g/mol. The minimum atomic E-state index is 0.527. The number of benzene rings is 11. The fourth-order valence-corrected chi connectivity index (χ4v) is 11.5. The molecule has 15 aromatic rings. The Morgan fingerprint density at radius 1 is 0.238 bits per heavy atom. The lowest BCUT2D eigenvalue weighted by Crippen LogP contribution is -2.03. The summed E-state index contributed by atoms with van der Waals surface area (Å²) in [5.74, 6) is 3.33. The van der Waals surface area contributed by atoms with Crippen molar-refractivity contribution in [1.82, 2.24) is 39.0 Å². The van der Waals surface area contributed by atoms with Gasteiger partial charge in [-0.25, -0.2) is 29.9 Å². The van der Waals surface area contributed by atoms with E-state index in [1.165, 1.54) is 0 Å². The molecule has 0 unspecified atom stereocenters. The number of rotatable bonds is 10. The first-order chi connectivity index (χ1) is 41.5. The van der Waals surface area contributed by atoms with Crippen molar-refractivity contribution in [2.75, 3.05) is 0 Å². The summed E-state index contributed by atoms with van der Waals surface area (Å²) in [7, 11) is 0. The lowest BCUT2D eigenvalue weighted by molar-refractivity contribution is 1.07. The summed E-state index contributed by atoms with van der Waals surface area (Å²) in [6, 6.07) is 94.9. The van der Waals surface area contributed by atoms with Crippen LogP contribution in [0.5, 0.6) is 0 Å². The van der Waals surface area contributed by atoms with Crippen molar-refractivity contribution in [3.63, 3.8) is 0 Å². The topological polar surface area (TPSA) is 135 Å². The van der Waals surface area contributed by atoms with Crippen LogP contribution in [0.3, 0.4) is 0 Å². The molecule has 0 atom stereocenters. The second-order valence-electron chi connectivity index (χ2n) is 20.5. The molecule has 0 fully saturated rings. The van der Waals surface area contributed by atoms with E-state index in [4.69, 9.17) is 29.9 Å². The number of fused-ring (bicyclic) bond motifs is 6. The molecule has 4 heterocycles.